The summed E-state index contributed by atoms with van der Waals surface area (Å²) in [4.78, 5) is 47.8. The number of alkyl halides is 1. The minimum absolute atomic E-state index is 0.0351. The van der Waals surface area contributed by atoms with E-state index in [1.54, 1.807) is 23.1 Å². The minimum Gasteiger partial charge on any atom is -0.382 e. The second kappa shape index (κ2) is 11.0. The van der Waals surface area contributed by atoms with Crippen LogP contribution in [0.3, 0.4) is 0 Å². The quantitative estimate of drug-likeness (QED) is 0.225. The Morgan fingerprint density at radius 2 is 1.62 bits per heavy atom. The Labute approximate surface area is 263 Å². The Bertz CT molecular complexity index is 2030. The SMILES string of the molecule is Nc1ncnc2c1ncn2[C@@H]1C[C@@H]2COP(O)(=S)O[C@@H]3[C@H](F)[C@@H](COP(O)(=S)OC[C@H]21)O[C@H]3n1cnc2c1ncn1ccnc21. The van der Waals surface area contributed by atoms with Crippen LogP contribution in [0.5, 0.6) is 0 Å². The van der Waals surface area contributed by atoms with Crippen LogP contribution in [-0.2, 0) is 46.4 Å². The standard InChI is InChI=1S/C23H25FN10O7P2S2/c24-15-14-6-39-42(35,44)38-5-12-11(3-13(12)33-9-29-16-19(25)27-7-28-21(16)33)4-37-43(36,45)41-18(15)23(40-14)34-10-30-17-20-26-1-2-32(20)8-31-22(17)34/h1-2,7-15,18,23H,3-6H2,(H,35,44)(H,36,45)(H2,25,27,28)/t11-,12-,13-,14-,15-,18-,23-,42?,43?/m1/s1. The Morgan fingerprint density at radius 3 is 2.49 bits per heavy atom. The molecule has 2 saturated heterocycles. The molecule has 22 heteroatoms. The molecule has 9 atom stereocenters. The Morgan fingerprint density at radius 1 is 0.867 bits per heavy atom. The predicted octanol–water partition coefficient (Wildman–Crippen LogP) is 1.80. The van der Waals surface area contributed by atoms with E-state index in [0.29, 0.717) is 34.4 Å². The molecule has 3 fully saturated rings. The van der Waals surface area contributed by atoms with Gasteiger partial charge in [-0.25, -0.2) is 34.3 Å². The molecule has 0 aromatic carbocycles. The van der Waals surface area contributed by atoms with Gasteiger partial charge in [-0.2, -0.15) is 0 Å². The molecule has 0 amide bonds. The van der Waals surface area contributed by atoms with Crippen LogP contribution in [0.2, 0.25) is 0 Å². The molecule has 3 aliphatic rings. The molecule has 2 bridgehead atoms. The highest BCUT2D eigenvalue weighted by Gasteiger charge is 2.51. The first-order chi connectivity index (χ1) is 21.6. The van der Waals surface area contributed by atoms with Crippen molar-refractivity contribution in [3.8, 4) is 0 Å². The van der Waals surface area contributed by atoms with Crippen LogP contribution < -0.4 is 5.73 Å². The van der Waals surface area contributed by atoms with E-state index in [0.717, 1.165) is 0 Å². The average molecular weight is 699 g/mol. The molecule has 1 saturated carbocycles. The normalized spacial score (nSPS) is 36.2. The molecule has 5 aromatic heterocycles. The molecule has 0 spiro atoms. The van der Waals surface area contributed by atoms with Gasteiger partial charge >= 0.3 is 13.4 Å². The summed E-state index contributed by atoms with van der Waals surface area (Å²) in [6, 6.07) is -0.194. The Kier molecular flexibility index (Phi) is 7.27. The summed E-state index contributed by atoms with van der Waals surface area (Å²) in [5.41, 5.74) is 8.26. The molecule has 1 aliphatic carbocycles. The summed E-state index contributed by atoms with van der Waals surface area (Å²) in [6.45, 7) is -8.40. The molecule has 2 aliphatic heterocycles. The lowest BCUT2D eigenvalue weighted by Crippen LogP contribution is -2.43. The first-order valence-electron chi connectivity index (χ1n) is 13.7. The fraction of sp³-hybridized carbons (Fsp3) is 0.478. The van der Waals surface area contributed by atoms with E-state index < -0.39 is 44.7 Å². The fourth-order valence-corrected chi connectivity index (χ4v) is 8.69. The van der Waals surface area contributed by atoms with Crippen molar-refractivity contribution < 1.29 is 37.0 Å². The zero-order chi connectivity index (χ0) is 31.1. The van der Waals surface area contributed by atoms with E-state index in [9.17, 15) is 9.79 Å². The summed E-state index contributed by atoms with van der Waals surface area (Å²) in [5.74, 6) is -0.258. The molecule has 0 radical (unpaired) electrons. The van der Waals surface area contributed by atoms with Gasteiger partial charge in [0.15, 0.2) is 40.7 Å². The molecule has 5 aromatic rings. The first kappa shape index (κ1) is 29.8. The molecule has 17 nitrogen and oxygen atoms in total. The highest BCUT2D eigenvalue weighted by molar-refractivity contribution is 8.07. The second-order valence-corrected chi connectivity index (χ2v) is 16.6. The number of hydrogen-bond acceptors (Lipinski definition) is 14. The minimum atomic E-state index is -4.01. The van der Waals surface area contributed by atoms with E-state index in [1.165, 1.54) is 23.5 Å². The van der Waals surface area contributed by atoms with Crippen LogP contribution in [0.1, 0.15) is 18.7 Å². The third kappa shape index (κ3) is 5.18. The van der Waals surface area contributed by atoms with Gasteiger partial charge in [0.25, 0.3) is 0 Å². The number of anilines is 1. The van der Waals surface area contributed by atoms with Crippen LogP contribution >= 0.6 is 13.4 Å². The second-order valence-electron chi connectivity index (χ2n) is 10.9. The van der Waals surface area contributed by atoms with Crippen molar-refractivity contribution in [1.29, 1.82) is 0 Å². The maximum atomic E-state index is 16.0. The monoisotopic (exact) mass is 698 g/mol. The maximum absolute atomic E-state index is 16.0. The van der Waals surface area contributed by atoms with Crippen LogP contribution in [0, 0.1) is 11.8 Å². The third-order valence-corrected chi connectivity index (χ3v) is 11.6. The van der Waals surface area contributed by atoms with Crippen molar-refractivity contribution in [3.63, 3.8) is 0 Å². The fourth-order valence-electron chi connectivity index (χ4n) is 6.11. The number of hydrogen-bond donors (Lipinski definition) is 3. The van der Waals surface area contributed by atoms with Crippen molar-refractivity contribution in [2.75, 3.05) is 25.6 Å². The number of nitrogen functional groups attached to an aromatic ring is 1. The highest BCUT2D eigenvalue weighted by Crippen LogP contribution is 2.55. The molecule has 238 valence electrons. The number of ether oxygens (including phenoxy) is 1. The van der Waals surface area contributed by atoms with Crippen LogP contribution in [0.25, 0.3) is 28.0 Å². The first-order valence-corrected chi connectivity index (χ1v) is 18.9. The topological polar surface area (TPSA) is 204 Å². The zero-order valence-electron chi connectivity index (χ0n) is 23.0. The third-order valence-electron chi connectivity index (χ3n) is 8.42. The van der Waals surface area contributed by atoms with Gasteiger partial charge in [0.05, 0.1) is 32.5 Å². The van der Waals surface area contributed by atoms with Crippen molar-refractivity contribution >= 4 is 70.8 Å². The van der Waals surface area contributed by atoms with E-state index in [1.807, 2.05) is 4.57 Å². The highest BCUT2D eigenvalue weighted by atomic mass is 32.5. The molecular weight excluding hydrogens is 673 g/mol. The van der Waals surface area contributed by atoms with Crippen molar-refractivity contribution in [2.45, 2.75) is 37.1 Å². The number of imidazole rings is 3. The van der Waals surface area contributed by atoms with Crippen molar-refractivity contribution in [1.82, 2.24) is 43.4 Å². The van der Waals surface area contributed by atoms with Crippen LogP contribution in [0.4, 0.5) is 10.2 Å². The molecule has 45 heavy (non-hydrogen) atoms. The average Bonchev–Trinajstić information content (AvgIpc) is 3.77. The Balaban J connectivity index is 1.09. The lowest BCUT2D eigenvalue weighted by molar-refractivity contribution is -0.0458. The number of nitrogens with two attached hydrogens (primary N) is 1. The molecule has 8 rings (SSSR count). The zero-order valence-corrected chi connectivity index (χ0v) is 26.4. The van der Waals surface area contributed by atoms with Gasteiger partial charge in [0.2, 0.25) is 0 Å². The van der Waals surface area contributed by atoms with Gasteiger partial charge in [0, 0.05) is 24.4 Å². The number of rotatable bonds is 2. The molecule has 7 heterocycles. The van der Waals surface area contributed by atoms with Gasteiger partial charge in [0.1, 0.15) is 30.4 Å². The molecular formula is C23H25FN10O7P2S2. The van der Waals surface area contributed by atoms with Crippen LogP contribution in [-0.4, -0.2) is 91.4 Å². The van der Waals surface area contributed by atoms with E-state index >= 15 is 4.39 Å². The largest absolute Gasteiger partial charge is 0.382 e. The van der Waals surface area contributed by atoms with E-state index in [-0.39, 0.29) is 36.9 Å². The van der Waals surface area contributed by atoms with Gasteiger partial charge in [-0.3, -0.25) is 13.5 Å². The van der Waals surface area contributed by atoms with Crippen molar-refractivity contribution in [3.05, 3.63) is 37.7 Å². The van der Waals surface area contributed by atoms with E-state index in [2.05, 4.69) is 29.9 Å². The number of aromatic nitrogens is 9. The summed E-state index contributed by atoms with van der Waals surface area (Å²) in [7, 11) is 0. The predicted molar refractivity (Wildman–Crippen MR) is 161 cm³/mol. The van der Waals surface area contributed by atoms with Crippen LogP contribution in [0.15, 0.2) is 37.7 Å². The molecule has 4 N–H and O–H groups in total. The number of nitrogens with zero attached hydrogens (tertiary/aromatic N) is 9. The van der Waals surface area contributed by atoms with Crippen molar-refractivity contribution in [2.24, 2.45) is 11.8 Å². The van der Waals surface area contributed by atoms with Gasteiger partial charge in [-0.1, -0.05) is 0 Å². The number of halogens is 1. The maximum Gasteiger partial charge on any atom is 0.325 e. The van der Waals surface area contributed by atoms with Gasteiger partial charge < -0.3 is 38.4 Å². The lowest BCUT2D eigenvalue weighted by Gasteiger charge is -2.45. The summed E-state index contributed by atoms with van der Waals surface area (Å²) >= 11 is 10.6. The Hall–Kier alpha value is -2.61. The molecule has 2 unspecified atom stereocenters. The van der Waals surface area contributed by atoms with Gasteiger partial charge in [-0.15, -0.1) is 0 Å². The van der Waals surface area contributed by atoms with Gasteiger partial charge in [-0.05, 0) is 36.0 Å². The number of fused-ring (bicyclic) bond motifs is 7. The smallest absolute Gasteiger partial charge is 0.325 e. The summed E-state index contributed by atoms with van der Waals surface area (Å²) in [6.07, 6.45) is 3.98. The lowest BCUT2D eigenvalue weighted by atomic mass is 9.70. The summed E-state index contributed by atoms with van der Waals surface area (Å²) in [5, 5.41) is 0. The summed E-state index contributed by atoms with van der Waals surface area (Å²) < 4.78 is 49.9. The van der Waals surface area contributed by atoms with E-state index in [4.69, 9.17) is 52.2 Å².